The highest BCUT2D eigenvalue weighted by Gasteiger charge is 2.56. The molecule has 0 saturated carbocycles. The largest absolute Gasteiger partial charge is 0.307 e. The molecule has 6 rings (SSSR count). The summed E-state index contributed by atoms with van der Waals surface area (Å²) in [5, 5.41) is -1.32. The lowest BCUT2D eigenvalue weighted by Gasteiger charge is -2.53. The average molecular weight is 511 g/mol. The third-order valence-corrected chi connectivity index (χ3v) is 9.20. The molecule has 0 unspecified atom stereocenters. The van der Waals surface area contributed by atoms with Crippen molar-refractivity contribution < 1.29 is 9.59 Å². The van der Waals surface area contributed by atoms with Crippen molar-refractivity contribution in [2.45, 2.75) is 22.8 Å². The highest BCUT2D eigenvalue weighted by atomic mass is 33.1. The van der Waals surface area contributed by atoms with Crippen molar-refractivity contribution in [3.63, 3.8) is 0 Å². The first kappa shape index (κ1) is 24.2. The third-order valence-electron chi connectivity index (χ3n) is 6.44. The van der Waals surface area contributed by atoms with Gasteiger partial charge < -0.3 is 9.80 Å². The SMILES string of the molecule is C=C/C=C(\C=C)[C@H](c1ccccc1)N1C(=O)[C@@H]2SS[C@H]1C(=O)N2C(c1ccccc1)c1ccccc1. The van der Waals surface area contributed by atoms with Gasteiger partial charge in [-0.25, -0.2) is 0 Å². The van der Waals surface area contributed by atoms with Crippen molar-refractivity contribution in [1.82, 2.24) is 9.80 Å². The summed E-state index contributed by atoms with van der Waals surface area (Å²) in [6.07, 6.45) is 5.29. The summed E-state index contributed by atoms with van der Waals surface area (Å²) in [7, 11) is 2.92. The van der Waals surface area contributed by atoms with E-state index in [1.54, 1.807) is 22.0 Å². The molecule has 3 aromatic rings. The van der Waals surface area contributed by atoms with E-state index in [2.05, 4.69) is 13.2 Å². The topological polar surface area (TPSA) is 40.6 Å². The fourth-order valence-electron chi connectivity index (χ4n) is 4.87. The fraction of sp³-hybridized carbons (Fsp3) is 0.133. The van der Waals surface area contributed by atoms with Crippen molar-refractivity contribution >= 4 is 33.4 Å². The Morgan fingerprint density at radius 2 is 1.14 bits per heavy atom. The molecule has 3 atom stereocenters. The molecular formula is C30H26N2O2S2. The Kier molecular flexibility index (Phi) is 7.16. The maximum absolute atomic E-state index is 14.2. The third kappa shape index (κ3) is 4.31. The van der Waals surface area contributed by atoms with E-state index in [1.807, 2.05) is 97.1 Å². The minimum Gasteiger partial charge on any atom is -0.307 e. The van der Waals surface area contributed by atoms with Gasteiger partial charge in [-0.15, -0.1) is 0 Å². The van der Waals surface area contributed by atoms with Gasteiger partial charge in [-0.1, -0.05) is 144 Å². The number of piperazine rings is 1. The van der Waals surface area contributed by atoms with Crippen molar-refractivity contribution in [1.29, 1.82) is 0 Å². The molecule has 0 radical (unpaired) electrons. The molecule has 3 aliphatic rings. The summed E-state index contributed by atoms with van der Waals surface area (Å²) in [5.41, 5.74) is 3.71. The van der Waals surface area contributed by atoms with Crippen LogP contribution in [0.3, 0.4) is 0 Å². The van der Waals surface area contributed by atoms with Gasteiger partial charge in [0.05, 0.1) is 12.1 Å². The number of hydrogen-bond acceptors (Lipinski definition) is 4. The number of benzene rings is 3. The molecule has 2 amide bonds. The molecule has 2 bridgehead atoms. The number of fused-ring (bicyclic) bond motifs is 3. The standard InChI is InChI=1S/C30H26N2O2S2/c1-3-14-21(4-2)25(22-15-8-5-9-16-22)31-27(33)30-32(28(34)29(31)35-36-30)26(23-17-10-6-11-18-23)24-19-12-7-13-20-24/h3-20,25-26,29-30H,1-2H2/b21-14+/t25-,29+,30+/m1/s1. The lowest BCUT2D eigenvalue weighted by atomic mass is 9.93. The fourth-order valence-corrected chi connectivity index (χ4v) is 7.81. The second kappa shape index (κ2) is 10.6. The van der Waals surface area contributed by atoms with E-state index in [0.29, 0.717) is 0 Å². The van der Waals surface area contributed by atoms with E-state index in [0.717, 1.165) is 22.3 Å². The van der Waals surface area contributed by atoms with E-state index in [4.69, 9.17) is 0 Å². The highest BCUT2D eigenvalue weighted by molar-refractivity contribution is 8.77. The van der Waals surface area contributed by atoms with Gasteiger partial charge in [-0.2, -0.15) is 0 Å². The van der Waals surface area contributed by atoms with Gasteiger partial charge in [0.1, 0.15) is 0 Å². The number of rotatable bonds is 8. The Bertz CT molecular complexity index is 1250. The lowest BCUT2D eigenvalue weighted by Crippen LogP contribution is -2.66. The summed E-state index contributed by atoms with van der Waals surface area (Å²) in [6.45, 7) is 7.83. The van der Waals surface area contributed by atoms with Crippen LogP contribution in [0.15, 0.2) is 128 Å². The first-order valence-corrected chi connectivity index (χ1v) is 14.0. The van der Waals surface area contributed by atoms with Gasteiger partial charge >= 0.3 is 0 Å². The smallest absolute Gasteiger partial charge is 0.258 e. The minimum atomic E-state index is -0.666. The predicted octanol–water partition coefficient (Wildman–Crippen LogP) is 6.53. The zero-order chi connectivity index (χ0) is 25.1. The predicted molar refractivity (Wildman–Crippen MR) is 149 cm³/mol. The van der Waals surface area contributed by atoms with E-state index in [9.17, 15) is 9.59 Å². The van der Waals surface area contributed by atoms with Crippen LogP contribution < -0.4 is 0 Å². The van der Waals surface area contributed by atoms with E-state index < -0.39 is 16.8 Å². The zero-order valence-electron chi connectivity index (χ0n) is 19.6. The van der Waals surface area contributed by atoms with Crippen LogP contribution >= 0.6 is 21.6 Å². The van der Waals surface area contributed by atoms with Crippen LogP contribution in [0.5, 0.6) is 0 Å². The van der Waals surface area contributed by atoms with Gasteiger partial charge in [0.25, 0.3) is 11.8 Å². The maximum Gasteiger partial charge on any atom is 0.258 e. The monoisotopic (exact) mass is 510 g/mol. The van der Waals surface area contributed by atoms with Gasteiger partial charge in [0.15, 0.2) is 10.7 Å². The van der Waals surface area contributed by atoms with E-state index >= 15 is 0 Å². The van der Waals surface area contributed by atoms with Crippen LogP contribution in [0.4, 0.5) is 0 Å². The Morgan fingerprint density at radius 3 is 1.61 bits per heavy atom. The van der Waals surface area contributed by atoms with Crippen LogP contribution in [0.2, 0.25) is 0 Å². The summed E-state index contributed by atoms with van der Waals surface area (Å²) in [5.74, 6) is -0.144. The molecule has 3 aromatic carbocycles. The van der Waals surface area contributed by atoms with Gasteiger partial charge in [-0.3, -0.25) is 9.59 Å². The van der Waals surface area contributed by atoms with Crippen molar-refractivity contribution in [2.24, 2.45) is 0 Å². The molecule has 0 N–H and O–H groups in total. The molecule has 36 heavy (non-hydrogen) atoms. The second-order valence-corrected chi connectivity index (χ2v) is 11.0. The van der Waals surface area contributed by atoms with E-state index in [1.165, 1.54) is 21.6 Å². The molecule has 180 valence electrons. The number of carbonyl (C=O) groups is 2. The number of amides is 2. The number of hydrogen-bond donors (Lipinski definition) is 0. The van der Waals surface area contributed by atoms with Crippen LogP contribution in [0, 0.1) is 0 Å². The quantitative estimate of drug-likeness (QED) is 0.255. The molecule has 3 saturated heterocycles. The Morgan fingerprint density at radius 1 is 0.694 bits per heavy atom. The number of nitrogens with zero attached hydrogens (tertiary/aromatic N) is 2. The van der Waals surface area contributed by atoms with Crippen LogP contribution in [-0.4, -0.2) is 32.4 Å². The Balaban J connectivity index is 1.60. The maximum atomic E-state index is 14.2. The summed E-state index contributed by atoms with van der Waals surface area (Å²) in [4.78, 5) is 31.8. The van der Waals surface area contributed by atoms with Crippen molar-refractivity contribution in [3.05, 3.63) is 145 Å². The van der Waals surface area contributed by atoms with Gasteiger partial charge in [0.2, 0.25) is 0 Å². The normalized spacial score (nSPS) is 20.5. The first-order chi connectivity index (χ1) is 17.7. The Hall–Kier alpha value is -3.48. The summed E-state index contributed by atoms with van der Waals surface area (Å²) < 4.78 is 0. The molecule has 0 aromatic heterocycles. The average Bonchev–Trinajstić information content (AvgIpc) is 2.93. The van der Waals surface area contributed by atoms with Gasteiger partial charge in [-0.05, 0) is 22.3 Å². The molecule has 0 aliphatic carbocycles. The lowest BCUT2D eigenvalue weighted by molar-refractivity contribution is -0.157. The molecule has 6 heteroatoms. The van der Waals surface area contributed by atoms with Gasteiger partial charge in [0, 0.05) is 0 Å². The first-order valence-electron chi connectivity index (χ1n) is 11.7. The van der Waals surface area contributed by atoms with Crippen LogP contribution in [-0.2, 0) is 9.59 Å². The van der Waals surface area contributed by atoms with Crippen molar-refractivity contribution in [2.75, 3.05) is 0 Å². The Labute approximate surface area is 219 Å². The molecule has 0 spiro atoms. The minimum absolute atomic E-state index is 0.0657. The molecule has 4 nitrogen and oxygen atoms in total. The van der Waals surface area contributed by atoms with Crippen molar-refractivity contribution in [3.8, 4) is 0 Å². The highest BCUT2D eigenvalue weighted by Crippen LogP contribution is 2.53. The summed E-state index contributed by atoms with van der Waals surface area (Å²) in [6, 6.07) is 28.9. The van der Waals surface area contributed by atoms with E-state index in [-0.39, 0.29) is 17.9 Å². The number of allylic oxidation sites excluding steroid dienone is 2. The number of carbonyl (C=O) groups excluding carboxylic acids is 2. The zero-order valence-corrected chi connectivity index (χ0v) is 21.3. The molecule has 3 aliphatic heterocycles. The second-order valence-electron chi connectivity index (χ2n) is 8.53. The van der Waals surface area contributed by atoms with Crippen LogP contribution in [0.25, 0.3) is 0 Å². The molecule has 3 fully saturated rings. The molecule has 3 heterocycles. The molecular weight excluding hydrogens is 484 g/mol. The van der Waals surface area contributed by atoms with Crippen LogP contribution in [0.1, 0.15) is 28.8 Å². The summed E-state index contributed by atoms with van der Waals surface area (Å²) >= 11 is 0.